The van der Waals surface area contributed by atoms with Gasteiger partial charge in [0.15, 0.2) is 0 Å². The normalized spacial score (nSPS) is 12.3. The van der Waals surface area contributed by atoms with E-state index >= 15 is 0 Å². The minimum atomic E-state index is -1.11. The number of hydrogen-bond donors (Lipinski definition) is 2. The molecule has 0 aliphatic rings. The lowest BCUT2D eigenvalue weighted by molar-refractivity contribution is -0.139. The minimum absolute atomic E-state index is 0.167. The van der Waals surface area contributed by atoms with Crippen LogP contribution in [0.5, 0.6) is 5.75 Å². The van der Waals surface area contributed by atoms with Crippen LogP contribution in [0.2, 0.25) is 0 Å². The number of carboxylic acids is 1. The lowest BCUT2D eigenvalue weighted by atomic mass is 10.1. The number of unbranched alkanes of at least 4 members (excludes halogenated alkanes) is 2. The zero-order valence-electron chi connectivity index (χ0n) is 15.6. The molecule has 0 saturated heterocycles. The van der Waals surface area contributed by atoms with Gasteiger partial charge in [-0.15, -0.1) is 0 Å². The fourth-order valence-electron chi connectivity index (χ4n) is 2.17. The molecule has 0 fully saturated rings. The summed E-state index contributed by atoms with van der Waals surface area (Å²) in [5, 5.41) is 12.7. The Bertz CT molecular complexity index is 568. The molecule has 0 aliphatic heterocycles. The maximum Gasteiger partial charge on any atom is 0.408 e. The van der Waals surface area contributed by atoms with Gasteiger partial charge in [-0.3, -0.25) is 0 Å². The standard InChI is InChI=1S/C19H28BrNO5/c1-19(2,3)26-18(24)21-16(17(22)23)13-14-7-9-15(10-8-14)25-12-6-4-5-11-20/h7-10,16H,4-6,11-13H2,1-3H3,(H,21,24)(H,22,23)/t16-/m0/s1. The lowest BCUT2D eigenvalue weighted by Gasteiger charge is -2.22. The lowest BCUT2D eigenvalue weighted by Crippen LogP contribution is -2.44. The van der Waals surface area contributed by atoms with Crippen LogP contribution in [0.25, 0.3) is 0 Å². The minimum Gasteiger partial charge on any atom is -0.494 e. The molecule has 6 nitrogen and oxygen atoms in total. The molecule has 1 rings (SSSR count). The number of carbonyl (C=O) groups is 2. The van der Waals surface area contributed by atoms with Gasteiger partial charge in [-0.2, -0.15) is 0 Å². The third-order valence-corrected chi connectivity index (χ3v) is 3.96. The first-order chi connectivity index (χ1) is 12.2. The Morgan fingerprint density at radius 2 is 1.81 bits per heavy atom. The van der Waals surface area contributed by atoms with E-state index in [0.717, 1.165) is 35.9 Å². The summed E-state index contributed by atoms with van der Waals surface area (Å²) in [4.78, 5) is 23.2. The number of alkyl carbamates (subject to hydrolysis) is 1. The third-order valence-electron chi connectivity index (χ3n) is 3.40. The second kappa shape index (κ2) is 11.1. The predicted molar refractivity (Wildman–Crippen MR) is 104 cm³/mol. The summed E-state index contributed by atoms with van der Waals surface area (Å²) in [7, 11) is 0. The Morgan fingerprint density at radius 3 is 2.35 bits per heavy atom. The average molecular weight is 430 g/mol. The highest BCUT2D eigenvalue weighted by molar-refractivity contribution is 9.09. The topological polar surface area (TPSA) is 84.9 Å². The van der Waals surface area contributed by atoms with Crippen LogP contribution < -0.4 is 10.1 Å². The van der Waals surface area contributed by atoms with Gasteiger partial charge in [0.05, 0.1) is 6.61 Å². The van der Waals surface area contributed by atoms with Crippen molar-refractivity contribution < 1.29 is 24.2 Å². The summed E-state index contributed by atoms with van der Waals surface area (Å²) in [5.74, 6) is -0.359. The van der Waals surface area contributed by atoms with Crippen molar-refractivity contribution in [3.05, 3.63) is 29.8 Å². The van der Waals surface area contributed by atoms with E-state index in [1.54, 1.807) is 32.9 Å². The highest BCUT2D eigenvalue weighted by Crippen LogP contribution is 2.15. The predicted octanol–water partition coefficient (Wildman–Crippen LogP) is 4.15. The number of halogens is 1. The molecule has 0 unspecified atom stereocenters. The molecule has 1 atom stereocenters. The molecule has 0 saturated carbocycles. The van der Waals surface area contributed by atoms with Crippen molar-refractivity contribution in [1.29, 1.82) is 0 Å². The second-order valence-electron chi connectivity index (χ2n) is 6.98. The zero-order chi connectivity index (χ0) is 19.6. The van der Waals surface area contributed by atoms with Crippen LogP contribution >= 0.6 is 15.9 Å². The van der Waals surface area contributed by atoms with Gasteiger partial charge in [-0.25, -0.2) is 9.59 Å². The van der Waals surface area contributed by atoms with Crippen molar-refractivity contribution in [2.24, 2.45) is 0 Å². The van der Waals surface area contributed by atoms with Crippen molar-refractivity contribution in [2.45, 2.75) is 58.1 Å². The maximum absolute atomic E-state index is 11.8. The number of aliphatic carboxylic acids is 1. The monoisotopic (exact) mass is 429 g/mol. The first kappa shape index (κ1) is 22.3. The van der Waals surface area contributed by atoms with Gasteiger partial charge in [0.1, 0.15) is 17.4 Å². The largest absolute Gasteiger partial charge is 0.494 e. The van der Waals surface area contributed by atoms with Crippen LogP contribution in [0.1, 0.15) is 45.6 Å². The smallest absolute Gasteiger partial charge is 0.408 e. The molecule has 146 valence electrons. The van der Waals surface area contributed by atoms with Crippen LogP contribution in [0.15, 0.2) is 24.3 Å². The van der Waals surface area contributed by atoms with Gasteiger partial charge in [-0.05, 0) is 57.7 Å². The fourth-order valence-corrected chi connectivity index (χ4v) is 2.57. The van der Waals surface area contributed by atoms with Gasteiger partial charge in [-0.1, -0.05) is 28.1 Å². The molecular formula is C19H28BrNO5. The van der Waals surface area contributed by atoms with Gasteiger partial charge >= 0.3 is 12.1 Å². The highest BCUT2D eigenvalue weighted by atomic mass is 79.9. The average Bonchev–Trinajstić information content (AvgIpc) is 2.53. The summed E-state index contributed by atoms with van der Waals surface area (Å²) in [6.45, 7) is 5.83. The maximum atomic E-state index is 11.8. The second-order valence-corrected chi connectivity index (χ2v) is 7.78. The molecule has 1 amide bonds. The number of nitrogens with one attached hydrogen (secondary N) is 1. The molecule has 0 bridgehead atoms. The quantitative estimate of drug-likeness (QED) is 0.430. The third kappa shape index (κ3) is 9.65. The van der Waals surface area contributed by atoms with Crippen molar-refractivity contribution in [2.75, 3.05) is 11.9 Å². The summed E-state index contributed by atoms with van der Waals surface area (Å²) >= 11 is 3.40. The van der Waals surface area contributed by atoms with E-state index < -0.39 is 23.7 Å². The molecule has 7 heteroatoms. The Hall–Kier alpha value is -1.76. The number of carboxylic acid groups (broad SMARTS) is 1. The molecule has 0 aliphatic carbocycles. The Morgan fingerprint density at radius 1 is 1.15 bits per heavy atom. The molecule has 0 spiro atoms. The van der Waals surface area contributed by atoms with Gasteiger partial charge in [0.25, 0.3) is 0 Å². The van der Waals surface area contributed by atoms with Crippen molar-refractivity contribution in [1.82, 2.24) is 5.32 Å². The number of amides is 1. The van der Waals surface area contributed by atoms with E-state index in [4.69, 9.17) is 9.47 Å². The number of hydrogen-bond acceptors (Lipinski definition) is 4. The zero-order valence-corrected chi connectivity index (χ0v) is 17.2. The van der Waals surface area contributed by atoms with E-state index in [1.807, 2.05) is 12.1 Å². The molecule has 2 N–H and O–H groups in total. The summed E-state index contributed by atoms with van der Waals surface area (Å²) in [6.07, 6.45) is 2.66. The van der Waals surface area contributed by atoms with Crippen LogP contribution in [0, 0.1) is 0 Å². The molecule has 0 heterocycles. The number of alkyl halides is 1. The van der Waals surface area contributed by atoms with Gasteiger partial charge in [0.2, 0.25) is 0 Å². The molecule has 1 aromatic carbocycles. The van der Waals surface area contributed by atoms with Gasteiger partial charge < -0.3 is 19.9 Å². The summed E-state index contributed by atoms with van der Waals surface area (Å²) in [6, 6.07) is 6.18. The Kier molecular flexibility index (Phi) is 9.48. The highest BCUT2D eigenvalue weighted by Gasteiger charge is 2.24. The van der Waals surface area contributed by atoms with E-state index in [1.165, 1.54) is 0 Å². The molecule has 0 aromatic heterocycles. The van der Waals surface area contributed by atoms with Crippen molar-refractivity contribution in [3.8, 4) is 5.75 Å². The molecule has 26 heavy (non-hydrogen) atoms. The van der Waals surface area contributed by atoms with Crippen LogP contribution in [-0.2, 0) is 16.0 Å². The molecule has 0 radical (unpaired) electrons. The van der Waals surface area contributed by atoms with Crippen molar-refractivity contribution >= 4 is 28.0 Å². The summed E-state index contributed by atoms with van der Waals surface area (Å²) < 4.78 is 10.8. The van der Waals surface area contributed by atoms with Gasteiger partial charge in [0, 0.05) is 11.8 Å². The van der Waals surface area contributed by atoms with Crippen LogP contribution in [-0.4, -0.2) is 40.7 Å². The fraction of sp³-hybridized carbons (Fsp3) is 0.579. The van der Waals surface area contributed by atoms with Crippen LogP contribution in [0.4, 0.5) is 4.79 Å². The SMILES string of the molecule is CC(C)(C)OC(=O)N[C@@H](Cc1ccc(OCCCCCBr)cc1)C(=O)O. The Labute approximate surface area is 163 Å². The van der Waals surface area contributed by atoms with E-state index in [0.29, 0.717) is 6.61 Å². The number of rotatable bonds is 10. The number of benzene rings is 1. The summed E-state index contributed by atoms with van der Waals surface area (Å²) in [5.41, 5.74) is 0.112. The first-order valence-electron chi connectivity index (χ1n) is 8.71. The van der Waals surface area contributed by atoms with E-state index in [2.05, 4.69) is 21.2 Å². The van der Waals surface area contributed by atoms with Crippen molar-refractivity contribution in [3.63, 3.8) is 0 Å². The molecule has 1 aromatic rings. The Balaban J connectivity index is 2.53. The molecular weight excluding hydrogens is 402 g/mol. The number of ether oxygens (including phenoxy) is 2. The first-order valence-corrected chi connectivity index (χ1v) is 9.83. The number of carbonyl (C=O) groups excluding carboxylic acids is 1. The van der Waals surface area contributed by atoms with E-state index in [-0.39, 0.29) is 6.42 Å². The van der Waals surface area contributed by atoms with Crippen LogP contribution in [0.3, 0.4) is 0 Å². The van der Waals surface area contributed by atoms with E-state index in [9.17, 15) is 14.7 Å².